The standard InChI is InChI=1S/C12H12BrClFN3/c1-7-12(13)11(18(2)17-7)6-16-8-3-4-9(14)10(15)5-8/h3-5,16H,6H2,1-2H3. The smallest absolute Gasteiger partial charge is 0.143 e. The first-order chi connectivity index (χ1) is 8.49. The molecule has 0 saturated carbocycles. The largest absolute Gasteiger partial charge is 0.379 e. The van der Waals surface area contributed by atoms with Gasteiger partial charge in [-0.1, -0.05) is 11.6 Å². The number of benzene rings is 1. The lowest BCUT2D eigenvalue weighted by atomic mass is 10.3. The molecule has 6 heteroatoms. The second-order valence-corrected chi connectivity index (χ2v) is 5.15. The van der Waals surface area contributed by atoms with Gasteiger partial charge in [0.15, 0.2) is 0 Å². The van der Waals surface area contributed by atoms with E-state index in [4.69, 9.17) is 11.6 Å². The third-order valence-electron chi connectivity index (χ3n) is 2.64. The number of nitrogens with one attached hydrogen (secondary N) is 1. The Balaban J connectivity index is 2.14. The van der Waals surface area contributed by atoms with E-state index in [2.05, 4.69) is 26.3 Å². The summed E-state index contributed by atoms with van der Waals surface area (Å²) in [4.78, 5) is 0. The van der Waals surface area contributed by atoms with E-state index in [9.17, 15) is 4.39 Å². The maximum absolute atomic E-state index is 13.3. The summed E-state index contributed by atoms with van der Waals surface area (Å²) in [7, 11) is 1.87. The van der Waals surface area contributed by atoms with Crippen LogP contribution in [0.4, 0.5) is 10.1 Å². The maximum atomic E-state index is 13.3. The molecular weight excluding hydrogens is 321 g/mol. The highest BCUT2D eigenvalue weighted by Gasteiger charge is 2.10. The first-order valence-corrected chi connectivity index (χ1v) is 6.53. The summed E-state index contributed by atoms with van der Waals surface area (Å²) in [6.45, 7) is 2.48. The van der Waals surface area contributed by atoms with Crippen LogP contribution in [0, 0.1) is 12.7 Å². The molecule has 2 rings (SSSR count). The third-order valence-corrected chi connectivity index (χ3v) is 3.98. The molecule has 0 spiro atoms. The molecule has 96 valence electrons. The third kappa shape index (κ3) is 2.67. The van der Waals surface area contributed by atoms with Gasteiger partial charge >= 0.3 is 0 Å². The van der Waals surface area contributed by atoms with Crippen LogP contribution in [-0.4, -0.2) is 9.78 Å². The molecule has 1 N–H and O–H groups in total. The quantitative estimate of drug-likeness (QED) is 0.924. The highest BCUT2D eigenvalue weighted by molar-refractivity contribution is 9.10. The van der Waals surface area contributed by atoms with Crippen molar-refractivity contribution in [2.75, 3.05) is 5.32 Å². The fourth-order valence-electron chi connectivity index (χ4n) is 1.66. The number of hydrogen-bond acceptors (Lipinski definition) is 2. The van der Waals surface area contributed by atoms with Crippen LogP contribution in [-0.2, 0) is 13.6 Å². The summed E-state index contributed by atoms with van der Waals surface area (Å²) >= 11 is 9.11. The summed E-state index contributed by atoms with van der Waals surface area (Å²) in [6.07, 6.45) is 0. The molecule has 0 aliphatic rings. The van der Waals surface area contributed by atoms with Crippen molar-refractivity contribution in [1.29, 1.82) is 0 Å². The summed E-state index contributed by atoms with van der Waals surface area (Å²) in [5.41, 5.74) is 2.61. The van der Waals surface area contributed by atoms with Crippen molar-refractivity contribution in [3.63, 3.8) is 0 Å². The van der Waals surface area contributed by atoms with Gasteiger partial charge in [0.25, 0.3) is 0 Å². The van der Waals surface area contributed by atoms with Crippen molar-refractivity contribution in [2.24, 2.45) is 7.05 Å². The second kappa shape index (κ2) is 5.28. The van der Waals surface area contributed by atoms with Crippen LogP contribution >= 0.6 is 27.5 Å². The zero-order valence-corrected chi connectivity index (χ0v) is 12.3. The number of aryl methyl sites for hydroxylation is 2. The molecular formula is C12H12BrClFN3. The molecule has 0 saturated heterocycles. The molecule has 3 nitrogen and oxygen atoms in total. The Morgan fingerprint density at radius 2 is 2.22 bits per heavy atom. The molecule has 1 aromatic heterocycles. The van der Waals surface area contributed by atoms with Gasteiger partial charge in [0, 0.05) is 12.7 Å². The van der Waals surface area contributed by atoms with Crippen LogP contribution < -0.4 is 5.32 Å². The topological polar surface area (TPSA) is 29.9 Å². The molecule has 1 heterocycles. The van der Waals surface area contributed by atoms with E-state index >= 15 is 0 Å². The predicted molar refractivity (Wildman–Crippen MR) is 74.4 cm³/mol. The molecule has 0 aliphatic carbocycles. The number of anilines is 1. The lowest BCUT2D eigenvalue weighted by Crippen LogP contribution is -2.06. The molecule has 18 heavy (non-hydrogen) atoms. The fourth-order valence-corrected chi connectivity index (χ4v) is 2.26. The first-order valence-electron chi connectivity index (χ1n) is 5.36. The van der Waals surface area contributed by atoms with Gasteiger partial charge in [-0.15, -0.1) is 0 Å². The number of halogens is 3. The maximum Gasteiger partial charge on any atom is 0.143 e. The van der Waals surface area contributed by atoms with Gasteiger partial charge in [0.1, 0.15) is 5.82 Å². The lowest BCUT2D eigenvalue weighted by molar-refractivity contribution is 0.628. The Kier molecular flexibility index (Phi) is 3.92. The summed E-state index contributed by atoms with van der Waals surface area (Å²) < 4.78 is 16.0. The molecule has 0 amide bonds. The van der Waals surface area contributed by atoms with Crippen LogP contribution in [0.3, 0.4) is 0 Å². The average molecular weight is 333 g/mol. The molecule has 0 radical (unpaired) electrons. The van der Waals surface area contributed by atoms with E-state index in [0.29, 0.717) is 12.2 Å². The van der Waals surface area contributed by atoms with E-state index < -0.39 is 5.82 Å². The molecule has 1 aromatic carbocycles. The molecule has 0 unspecified atom stereocenters. The molecule has 0 atom stereocenters. The van der Waals surface area contributed by atoms with E-state index in [1.165, 1.54) is 12.1 Å². The monoisotopic (exact) mass is 331 g/mol. The molecule has 2 aromatic rings. The van der Waals surface area contributed by atoms with Crippen molar-refractivity contribution in [3.8, 4) is 0 Å². The number of rotatable bonds is 3. The van der Waals surface area contributed by atoms with Crippen molar-refractivity contribution in [3.05, 3.63) is 44.9 Å². The van der Waals surface area contributed by atoms with E-state index in [1.807, 2.05) is 14.0 Å². The lowest BCUT2D eigenvalue weighted by Gasteiger charge is -2.08. The zero-order chi connectivity index (χ0) is 13.3. The van der Waals surface area contributed by atoms with Gasteiger partial charge in [-0.05, 0) is 41.1 Å². The van der Waals surface area contributed by atoms with Crippen molar-refractivity contribution >= 4 is 33.2 Å². The SMILES string of the molecule is Cc1nn(C)c(CNc2ccc(Cl)c(F)c2)c1Br. The number of hydrogen-bond donors (Lipinski definition) is 1. The first kappa shape index (κ1) is 13.4. The Hall–Kier alpha value is -1.07. The minimum Gasteiger partial charge on any atom is -0.379 e. The summed E-state index contributed by atoms with van der Waals surface area (Å²) in [6, 6.07) is 4.64. The van der Waals surface area contributed by atoms with Gasteiger partial charge in [-0.2, -0.15) is 5.10 Å². The normalized spacial score (nSPS) is 10.7. The molecule has 0 fully saturated rings. The van der Waals surface area contributed by atoms with Crippen molar-refractivity contribution in [2.45, 2.75) is 13.5 Å². The minimum atomic E-state index is -0.429. The van der Waals surface area contributed by atoms with Crippen LogP contribution in [0.1, 0.15) is 11.4 Å². The van der Waals surface area contributed by atoms with Gasteiger partial charge in [0.2, 0.25) is 0 Å². The van der Waals surface area contributed by atoms with Crippen molar-refractivity contribution in [1.82, 2.24) is 9.78 Å². The average Bonchev–Trinajstić information content (AvgIpc) is 2.56. The van der Waals surface area contributed by atoms with Crippen LogP contribution in [0.15, 0.2) is 22.7 Å². The Morgan fingerprint density at radius 3 is 2.78 bits per heavy atom. The number of aromatic nitrogens is 2. The molecule has 0 aliphatic heterocycles. The van der Waals surface area contributed by atoms with Gasteiger partial charge in [-0.25, -0.2) is 4.39 Å². The Morgan fingerprint density at radius 1 is 1.50 bits per heavy atom. The zero-order valence-electron chi connectivity index (χ0n) is 9.97. The summed E-state index contributed by atoms with van der Waals surface area (Å²) in [5, 5.41) is 7.55. The van der Waals surface area contributed by atoms with Crippen molar-refractivity contribution < 1.29 is 4.39 Å². The van der Waals surface area contributed by atoms with Gasteiger partial charge < -0.3 is 5.32 Å². The van der Waals surface area contributed by atoms with Gasteiger partial charge in [0.05, 0.1) is 27.4 Å². The van der Waals surface area contributed by atoms with E-state index in [0.717, 1.165) is 15.9 Å². The summed E-state index contributed by atoms with van der Waals surface area (Å²) in [5.74, 6) is -0.429. The van der Waals surface area contributed by atoms with E-state index in [1.54, 1.807) is 10.7 Å². The van der Waals surface area contributed by atoms with Crippen LogP contribution in [0.25, 0.3) is 0 Å². The second-order valence-electron chi connectivity index (χ2n) is 3.95. The Labute approximate surface area is 118 Å². The minimum absolute atomic E-state index is 0.123. The fraction of sp³-hybridized carbons (Fsp3) is 0.250. The van der Waals surface area contributed by atoms with Gasteiger partial charge in [-0.3, -0.25) is 4.68 Å². The highest BCUT2D eigenvalue weighted by atomic mass is 79.9. The molecule has 0 bridgehead atoms. The van der Waals surface area contributed by atoms with Crippen LogP contribution in [0.2, 0.25) is 5.02 Å². The predicted octanol–water partition coefficient (Wildman–Crippen LogP) is 3.90. The Bertz CT molecular complexity index is 583. The van der Waals surface area contributed by atoms with E-state index in [-0.39, 0.29) is 5.02 Å². The van der Waals surface area contributed by atoms with Crippen LogP contribution in [0.5, 0.6) is 0 Å². The number of nitrogens with zero attached hydrogens (tertiary/aromatic N) is 2. The highest BCUT2D eigenvalue weighted by Crippen LogP contribution is 2.23.